The SMILES string of the molecule is CCC1(CC)CN=C(Nc2cccc3ncccc23)SC1. The Balaban J connectivity index is 1.82. The summed E-state index contributed by atoms with van der Waals surface area (Å²) in [5.74, 6) is 1.15. The van der Waals surface area contributed by atoms with Crippen molar-refractivity contribution in [3.63, 3.8) is 0 Å². The lowest BCUT2D eigenvalue weighted by Crippen LogP contribution is -2.32. The maximum atomic E-state index is 4.77. The zero-order chi connectivity index (χ0) is 14.7. The molecule has 0 fully saturated rings. The fourth-order valence-electron chi connectivity index (χ4n) is 2.63. The van der Waals surface area contributed by atoms with Gasteiger partial charge in [0.25, 0.3) is 0 Å². The number of hydrogen-bond donors (Lipinski definition) is 1. The summed E-state index contributed by atoms with van der Waals surface area (Å²) in [5.41, 5.74) is 2.49. The van der Waals surface area contributed by atoms with Gasteiger partial charge in [-0.25, -0.2) is 0 Å². The molecule has 1 N–H and O–H groups in total. The maximum Gasteiger partial charge on any atom is 0.161 e. The molecule has 0 spiro atoms. The number of nitrogens with one attached hydrogen (secondary N) is 1. The van der Waals surface area contributed by atoms with Gasteiger partial charge >= 0.3 is 0 Å². The van der Waals surface area contributed by atoms with E-state index in [0.717, 1.165) is 34.1 Å². The third-order valence-electron chi connectivity index (χ3n) is 4.46. The van der Waals surface area contributed by atoms with Crippen molar-refractivity contribution in [2.75, 3.05) is 17.6 Å². The second-order valence-corrected chi connectivity index (χ2v) is 6.58. The first kappa shape index (κ1) is 14.4. The smallest absolute Gasteiger partial charge is 0.161 e. The molecule has 0 aliphatic carbocycles. The Morgan fingerprint density at radius 2 is 2.05 bits per heavy atom. The van der Waals surface area contributed by atoms with Crippen LogP contribution in [0.3, 0.4) is 0 Å². The summed E-state index contributed by atoms with van der Waals surface area (Å²) in [5, 5.41) is 5.66. The van der Waals surface area contributed by atoms with Crippen LogP contribution in [0.15, 0.2) is 41.5 Å². The molecular formula is C17H21N3S. The highest BCUT2D eigenvalue weighted by Crippen LogP contribution is 2.35. The number of rotatable bonds is 3. The summed E-state index contributed by atoms with van der Waals surface area (Å²) in [7, 11) is 0. The third kappa shape index (κ3) is 2.91. The molecule has 1 aromatic heterocycles. The van der Waals surface area contributed by atoms with Gasteiger partial charge in [-0.15, -0.1) is 0 Å². The summed E-state index contributed by atoms with van der Waals surface area (Å²) in [6.07, 6.45) is 4.23. The molecule has 4 heteroatoms. The van der Waals surface area contributed by atoms with Gasteiger partial charge in [-0.05, 0) is 42.5 Å². The molecule has 0 bridgehead atoms. The number of hydrogen-bond acceptors (Lipinski definition) is 4. The molecule has 0 saturated heterocycles. The van der Waals surface area contributed by atoms with E-state index in [2.05, 4.69) is 36.3 Å². The number of aromatic nitrogens is 1. The summed E-state index contributed by atoms with van der Waals surface area (Å²) < 4.78 is 0. The van der Waals surface area contributed by atoms with E-state index in [0.29, 0.717) is 5.41 Å². The standard InChI is InChI=1S/C17H21N3S/c1-3-17(4-2)11-19-16(21-12-17)20-15-9-5-8-14-13(15)7-6-10-18-14/h5-10H,3-4,11-12H2,1-2H3,(H,19,20). The predicted molar refractivity (Wildman–Crippen MR) is 93.1 cm³/mol. The molecule has 0 unspecified atom stereocenters. The zero-order valence-electron chi connectivity index (χ0n) is 12.6. The molecule has 2 aromatic rings. The normalized spacial score (nSPS) is 17.5. The third-order valence-corrected chi connectivity index (χ3v) is 5.72. The van der Waals surface area contributed by atoms with Crippen LogP contribution in [0.2, 0.25) is 0 Å². The van der Waals surface area contributed by atoms with Gasteiger partial charge in [0, 0.05) is 29.6 Å². The van der Waals surface area contributed by atoms with Crippen molar-refractivity contribution in [3.8, 4) is 0 Å². The summed E-state index contributed by atoms with van der Waals surface area (Å²) >= 11 is 1.84. The monoisotopic (exact) mass is 299 g/mol. The van der Waals surface area contributed by atoms with E-state index in [9.17, 15) is 0 Å². The number of thioether (sulfide) groups is 1. The lowest BCUT2D eigenvalue weighted by atomic mass is 9.84. The molecule has 1 aliphatic heterocycles. The molecule has 1 aromatic carbocycles. The minimum absolute atomic E-state index is 0.385. The molecule has 0 saturated carbocycles. The first-order chi connectivity index (χ1) is 10.3. The fraction of sp³-hybridized carbons (Fsp3) is 0.412. The molecule has 21 heavy (non-hydrogen) atoms. The molecular weight excluding hydrogens is 278 g/mol. The second kappa shape index (κ2) is 6.06. The van der Waals surface area contributed by atoms with Crippen molar-refractivity contribution < 1.29 is 0 Å². The van der Waals surface area contributed by atoms with E-state index in [1.54, 1.807) is 0 Å². The van der Waals surface area contributed by atoms with Crippen molar-refractivity contribution in [1.29, 1.82) is 0 Å². The van der Waals surface area contributed by atoms with Crippen LogP contribution in [0.1, 0.15) is 26.7 Å². The zero-order valence-corrected chi connectivity index (χ0v) is 13.4. The Hall–Kier alpha value is -1.55. The number of amidine groups is 1. The van der Waals surface area contributed by atoms with Crippen LogP contribution in [0.4, 0.5) is 5.69 Å². The van der Waals surface area contributed by atoms with E-state index in [4.69, 9.17) is 4.99 Å². The van der Waals surface area contributed by atoms with Gasteiger partial charge in [-0.3, -0.25) is 9.98 Å². The summed E-state index contributed by atoms with van der Waals surface area (Å²) in [4.78, 5) is 9.17. The highest BCUT2D eigenvalue weighted by Gasteiger charge is 2.30. The van der Waals surface area contributed by atoms with Crippen molar-refractivity contribution in [3.05, 3.63) is 36.5 Å². The minimum Gasteiger partial charge on any atom is -0.334 e. The van der Waals surface area contributed by atoms with Gasteiger partial charge < -0.3 is 5.32 Å². The van der Waals surface area contributed by atoms with Crippen molar-refractivity contribution in [1.82, 2.24) is 4.98 Å². The Morgan fingerprint density at radius 1 is 1.19 bits per heavy atom. The van der Waals surface area contributed by atoms with Gasteiger partial charge in [-0.2, -0.15) is 0 Å². The Labute approximate surface area is 130 Å². The highest BCUT2D eigenvalue weighted by molar-refractivity contribution is 8.14. The second-order valence-electron chi connectivity index (χ2n) is 5.62. The molecule has 1 aliphatic rings. The number of anilines is 1. The Bertz CT molecular complexity index is 657. The van der Waals surface area contributed by atoms with Crippen molar-refractivity contribution in [2.45, 2.75) is 26.7 Å². The predicted octanol–water partition coefficient (Wildman–Crippen LogP) is 4.56. The molecule has 3 nitrogen and oxygen atoms in total. The number of pyridine rings is 1. The van der Waals surface area contributed by atoms with E-state index in [1.165, 1.54) is 12.8 Å². The average molecular weight is 299 g/mol. The highest BCUT2D eigenvalue weighted by atomic mass is 32.2. The minimum atomic E-state index is 0.385. The molecule has 2 heterocycles. The van der Waals surface area contributed by atoms with Crippen LogP contribution < -0.4 is 5.32 Å². The van der Waals surface area contributed by atoms with E-state index < -0.39 is 0 Å². The van der Waals surface area contributed by atoms with Gasteiger partial charge in [0.15, 0.2) is 5.17 Å². The number of aliphatic imine (C=N–C) groups is 1. The van der Waals surface area contributed by atoms with Crippen LogP contribution in [0.5, 0.6) is 0 Å². The lowest BCUT2D eigenvalue weighted by Gasteiger charge is -2.33. The first-order valence-corrected chi connectivity index (χ1v) is 8.53. The van der Waals surface area contributed by atoms with Crippen LogP contribution in [-0.2, 0) is 0 Å². The van der Waals surface area contributed by atoms with Gasteiger partial charge in [-0.1, -0.05) is 31.7 Å². The molecule has 0 amide bonds. The van der Waals surface area contributed by atoms with Gasteiger partial charge in [0.05, 0.1) is 5.52 Å². The van der Waals surface area contributed by atoms with E-state index in [-0.39, 0.29) is 0 Å². The first-order valence-electron chi connectivity index (χ1n) is 7.54. The lowest BCUT2D eigenvalue weighted by molar-refractivity contribution is 0.318. The summed E-state index contributed by atoms with van der Waals surface area (Å²) in [6.45, 7) is 5.47. The van der Waals surface area contributed by atoms with Gasteiger partial charge in [0.1, 0.15) is 0 Å². The summed E-state index contributed by atoms with van der Waals surface area (Å²) in [6, 6.07) is 10.2. The quantitative estimate of drug-likeness (QED) is 0.903. The maximum absolute atomic E-state index is 4.77. The van der Waals surface area contributed by atoms with Crippen LogP contribution in [0, 0.1) is 5.41 Å². The largest absolute Gasteiger partial charge is 0.334 e. The van der Waals surface area contributed by atoms with Crippen molar-refractivity contribution >= 4 is 33.5 Å². The van der Waals surface area contributed by atoms with E-state index >= 15 is 0 Å². The van der Waals surface area contributed by atoms with E-state index in [1.807, 2.05) is 36.2 Å². The molecule has 3 rings (SSSR count). The molecule has 110 valence electrons. The van der Waals surface area contributed by atoms with Crippen molar-refractivity contribution in [2.24, 2.45) is 10.4 Å². The van der Waals surface area contributed by atoms with Crippen LogP contribution in [-0.4, -0.2) is 22.4 Å². The Morgan fingerprint density at radius 3 is 2.76 bits per heavy atom. The molecule has 0 radical (unpaired) electrons. The number of nitrogens with zero attached hydrogens (tertiary/aromatic N) is 2. The Kier molecular flexibility index (Phi) is 4.15. The van der Waals surface area contributed by atoms with Crippen LogP contribution in [0.25, 0.3) is 10.9 Å². The fourth-order valence-corrected chi connectivity index (χ4v) is 3.91. The number of benzene rings is 1. The average Bonchev–Trinajstić information content (AvgIpc) is 2.56. The van der Waals surface area contributed by atoms with Gasteiger partial charge in [0.2, 0.25) is 0 Å². The van der Waals surface area contributed by atoms with Crippen LogP contribution >= 0.6 is 11.8 Å². The number of fused-ring (bicyclic) bond motifs is 1. The topological polar surface area (TPSA) is 37.3 Å². The molecule has 0 atom stereocenters.